The van der Waals surface area contributed by atoms with Gasteiger partial charge in [0.25, 0.3) is 0 Å². The summed E-state index contributed by atoms with van der Waals surface area (Å²) in [6, 6.07) is 12.9. The van der Waals surface area contributed by atoms with Gasteiger partial charge in [0.05, 0.1) is 37.2 Å². The van der Waals surface area contributed by atoms with Crippen LogP contribution >= 0.6 is 0 Å². The molecule has 3 aliphatic rings. The van der Waals surface area contributed by atoms with Gasteiger partial charge < -0.3 is 15.0 Å². The lowest BCUT2D eigenvalue weighted by Gasteiger charge is -2.48. The van der Waals surface area contributed by atoms with Gasteiger partial charge in [0.2, 0.25) is 0 Å². The number of aryl methyl sites for hydroxylation is 1. The third-order valence-corrected chi connectivity index (χ3v) is 7.94. The van der Waals surface area contributed by atoms with Crippen LogP contribution in [0.3, 0.4) is 0 Å². The fourth-order valence-electron chi connectivity index (χ4n) is 5.89. The van der Waals surface area contributed by atoms with Gasteiger partial charge in [-0.15, -0.1) is 0 Å². The van der Waals surface area contributed by atoms with E-state index in [4.69, 9.17) is 9.72 Å². The molecule has 1 aromatic carbocycles. The fraction of sp³-hybridized carbons (Fsp3) is 0.538. The number of carbonyl (C=O) groups excluding carboxylic acids is 1. The van der Waals surface area contributed by atoms with Crippen LogP contribution in [0.1, 0.15) is 36.8 Å². The average molecular weight is 450 g/mol. The highest BCUT2D eigenvalue weighted by atomic mass is 16.5. The molecule has 3 heterocycles. The molecule has 0 bridgehead atoms. The molecular formula is C26H35N5O2. The Morgan fingerprint density at radius 2 is 1.76 bits per heavy atom. The van der Waals surface area contributed by atoms with Crippen molar-refractivity contribution in [2.75, 3.05) is 56.7 Å². The molecule has 1 spiro atoms. The molecule has 1 aliphatic carbocycles. The van der Waals surface area contributed by atoms with Crippen LogP contribution in [0.5, 0.6) is 0 Å². The first-order valence-corrected chi connectivity index (χ1v) is 12.0. The van der Waals surface area contributed by atoms with Gasteiger partial charge in [-0.3, -0.25) is 9.80 Å². The normalized spacial score (nSPS) is 27.9. The Labute approximate surface area is 196 Å². The predicted octanol–water partition coefficient (Wildman–Crippen LogP) is 3.53. The number of rotatable bonds is 4. The van der Waals surface area contributed by atoms with E-state index in [1.54, 1.807) is 0 Å². The predicted molar refractivity (Wildman–Crippen MR) is 131 cm³/mol. The average Bonchev–Trinajstić information content (AvgIpc) is 3.16. The standard InChI is InChI=1S/C26H35N5O2/c1-20-17-22(18-27-23(20)30-13-15-33-16-14-30)31-19-25(28-24(31)32)9-11-26(12-10-25,29(2)3)21-7-5-4-6-8-21/h4-8,17-18H,9-16,19H2,1-3H3,(H,28,32)/t25-,26+. The lowest BCUT2D eigenvalue weighted by molar-refractivity contribution is 0.0658. The number of aromatic nitrogens is 1. The maximum atomic E-state index is 13.1. The van der Waals surface area contributed by atoms with Crippen molar-refractivity contribution in [1.82, 2.24) is 15.2 Å². The van der Waals surface area contributed by atoms with E-state index in [-0.39, 0.29) is 17.1 Å². The van der Waals surface area contributed by atoms with E-state index in [0.29, 0.717) is 6.54 Å². The van der Waals surface area contributed by atoms with Crippen LogP contribution in [0.2, 0.25) is 0 Å². The summed E-state index contributed by atoms with van der Waals surface area (Å²) < 4.78 is 5.47. The summed E-state index contributed by atoms with van der Waals surface area (Å²) in [5, 5.41) is 3.36. The Bertz CT molecular complexity index is 995. The second-order valence-corrected chi connectivity index (χ2v) is 10.0. The molecule has 33 heavy (non-hydrogen) atoms. The molecule has 2 aromatic rings. The van der Waals surface area contributed by atoms with Crippen LogP contribution in [-0.2, 0) is 10.3 Å². The molecule has 0 unspecified atom stereocenters. The Kier molecular flexibility index (Phi) is 5.79. The van der Waals surface area contributed by atoms with Crippen LogP contribution in [0.25, 0.3) is 0 Å². The molecule has 176 valence electrons. The summed E-state index contributed by atoms with van der Waals surface area (Å²) in [4.78, 5) is 24.3. The molecule has 1 saturated carbocycles. The van der Waals surface area contributed by atoms with E-state index in [2.05, 4.69) is 72.5 Å². The maximum absolute atomic E-state index is 13.1. The fourth-order valence-corrected chi connectivity index (χ4v) is 5.89. The van der Waals surface area contributed by atoms with Crippen LogP contribution in [0.4, 0.5) is 16.3 Å². The van der Waals surface area contributed by atoms with Gasteiger partial charge in [0.1, 0.15) is 5.82 Å². The van der Waals surface area contributed by atoms with Crippen LogP contribution in [-0.4, -0.2) is 68.4 Å². The van der Waals surface area contributed by atoms with E-state index >= 15 is 0 Å². The van der Waals surface area contributed by atoms with E-state index in [0.717, 1.165) is 69.1 Å². The summed E-state index contributed by atoms with van der Waals surface area (Å²) in [7, 11) is 4.35. The van der Waals surface area contributed by atoms with Crippen LogP contribution in [0, 0.1) is 6.92 Å². The number of benzene rings is 1. The Balaban J connectivity index is 1.32. The topological polar surface area (TPSA) is 60.9 Å². The number of hydrogen-bond donors (Lipinski definition) is 1. The maximum Gasteiger partial charge on any atom is 0.322 e. The van der Waals surface area contributed by atoms with Gasteiger partial charge in [-0.1, -0.05) is 30.3 Å². The molecule has 0 radical (unpaired) electrons. The highest BCUT2D eigenvalue weighted by molar-refractivity contribution is 5.95. The number of anilines is 2. The molecule has 5 rings (SSSR count). The summed E-state index contributed by atoms with van der Waals surface area (Å²) in [6.07, 6.45) is 5.81. The number of nitrogens with zero attached hydrogens (tertiary/aromatic N) is 4. The summed E-state index contributed by atoms with van der Waals surface area (Å²) >= 11 is 0. The Hall–Kier alpha value is -2.64. The molecule has 2 aliphatic heterocycles. The van der Waals surface area contributed by atoms with Gasteiger partial charge in [0, 0.05) is 18.6 Å². The third-order valence-electron chi connectivity index (χ3n) is 7.94. The minimum atomic E-state index is -0.178. The summed E-state index contributed by atoms with van der Waals surface area (Å²) in [6.45, 7) is 5.96. The lowest BCUT2D eigenvalue weighted by Crippen LogP contribution is -2.54. The van der Waals surface area contributed by atoms with Crippen molar-refractivity contribution in [3.8, 4) is 0 Å². The molecule has 2 amide bonds. The number of urea groups is 1. The molecule has 0 atom stereocenters. The van der Waals surface area contributed by atoms with Crippen molar-refractivity contribution < 1.29 is 9.53 Å². The molecule has 1 aromatic heterocycles. The van der Waals surface area contributed by atoms with Crippen molar-refractivity contribution in [2.45, 2.75) is 43.7 Å². The monoisotopic (exact) mass is 449 g/mol. The minimum absolute atomic E-state index is 0.00705. The molecular weight excluding hydrogens is 414 g/mol. The number of morpholine rings is 1. The van der Waals surface area contributed by atoms with Gasteiger partial charge in [0.15, 0.2) is 0 Å². The lowest BCUT2D eigenvalue weighted by atomic mass is 9.69. The number of pyridine rings is 1. The molecule has 1 N–H and O–H groups in total. The number of ether oxygens (including phenoxy) is 1. The zero-order chi connectivity index (χ0) is 23.1. The van der Waals surface area contributed by atoms with Gasteiger partial charge in [-0.2, -0.15) is 0 Å². The van der Waals surface area contributed by atoms with E-state index in [1.165, 1.54) is 5.56 Å². The highest BCUT2D eigenvalue weighted by Gasteiger charge is 2.50. The third kappa shape index (κ3) is 3.97. The molecule has 2 saturated heterocycles. The Morgan fingerprint density at radius 3 is 2.39 bits per heavy atom. The second kappa shape index (κ2) is 8.61. The van der Waals surface area contributed by atoms with Crippen LogP contribution in [0.15, 0.2) is 42.6 Å². The van der Waals surface area contributed by atoms with E-state index in [1.807, 2.05) is 11.1 Å². The van der Waals surface area contributed by atoms with Crippen molar-refractivity contribution in [3.05, 3.63) is 53.7 Å². The molecule has 7 nitrogen and oxygen atoms in total. The Morgan fingerprint density at radius 1 is 1.06 bits per heavy atom. The van der Waals surface area contributed by atoms with Gasteiger partial charge in [-0.25, -0.2) is 9.78 Å². The van der Waals surface area contributed by atoms with Crippen molar-refractivity contribution in [1.29, 1.82) is 0 Å². The van der Waals surface area contributed by atoms with Crippen molar-refractivity contribution in [2.24, 2.45) is 0 Å². The van der Waals surface area contributed by atoms with E-state index < -0.39 is 0 Å². The summed E-state index contributed by atoms with van der Waals surface area (Å²) in [5.41, 5.74) is 3.18. The SMILES string of the molecule is Cc1cc(N2C[C@]3(CC[C@](c4ccccc4)(N(C)C)CC3)NC2=O)cnc1N1CCOCC1. The van der Waals surface area contributed by atoms with Gasteiger partial charge >= 0.3 is 6.03 Å². The smallest absolute Gasteiger partial charge is 0.322 e. The van der Waals surface area contributed by atoms with Crippen molar-refractivity contribution >= 4 is 17.5 Å². The zero-order valence-corrected chi connectivity index (χ0v) is 20.0. The number of nitrogens with one attached hydrogen (secondary N) is 1. The number of hydrogen-bond acceptors (Lipinski definition) is 5. The number of carbonyl (C=O) groups is 1. The minimum Gasteiger partial charge on any atom is -0.378 e. The van der Waals surface area contributed by atoms with Crippen molar-refractivity contribution in [3.63, 3.8) is 0 Å². The van der Waals surface area contributed by atoms with E-state index in [9.17, 15) is 4.79 Å². The van der Waals surface area contributed by atoms with Crippen LogP contribution < -0.4 is 15.1 Å². The molecule has 3 fully saturated rings. The first-order valence-electron chi connectivity index (χ1n) is 12.0. The number of amides is 2. The highest BCUT2D eigenvalue weighted by Crippen LogP contribution is 2.46. The zero-order valence-electron chi connectivity index (χ0n) is 20.0. The largest absolute Gasteiger partial charge is 0.378 e. The first-order chi connectivity index (χ1) is 15.9. The van der Waals surface area contributed by atoms with Gasteiger partial charge in [-0.05, 0) is 63.9 Å². The summed E-state index contributed by atoms with van der Waals surface area (Å²) in [5.74, 6) is 0.993. The second-order valence-electron chi connectivity index (χ2n) is 10.0. The molecule has 7 heteroatoms. The quantitative estimate of drug-likeness (QED) is 0.774. The first kappa shape index (κ1) is 22.2.